The molecule has 0 aliphatic heterocycles. The zero-order chi connectivity index (χ0) is 13.4. The van der Waals surface area contributed by atoms with Crippen LogP contribution in [0.25, 0.3) is 20.0 Å². The molecule has 0 saturated carbocycles. The minimum atomic E-state index is -0.203. The molecule has 0 N–H and O–H groups in total. The Kier molecular flexibility index (Phi) is 3.64. The van der Waals surface area contributed by atoms with E-state index < -0.39 is 0 Å². The minimum absolute atomic E-state index is 0.203. The van der Waals surface area contributed by atoms with Gasteiger partial charge in [0.15, 0.2) is 5.01 Å². The fourth-order valence-corrected chi connectivity index (χ4v) is 4.15. The van der Waals surface area contributed by atoms with Crippen molar-refractivity contribution in [2.24, 2.45) is 0 Å². The van der Waals surface area contributed by atoms with Crippen LogP contribution in [0.1, 0.15) is 23.2 Å². The Balaban J connectivity index is 2.01. The van der Waals surface area contributed by atoms with Gasteiger partial charge in [0.25, 0.3) is 0 Å². The molecule has 0 amide bonds. The summed E-state index contributed by atoms with van der Waals surface area (Å²) in [4.78, 5) is 1.30. The predicted molar refractivity (Wildman–Crippen MR) is 82.6 cm³/mol. The predicted octanol–water partition coefficient (Wildman–Crippen LogP) is 5.40. The SMILES string of the molecule is CCC(Br)c1nnc(-c2cc3ccc(F)cc3s2)s1. The molecule has 6 heteroatoms. The molecule has 0 fully saturated rings. The highest BCUT2D eigenvalue weighted by Gasteiger charge is 2.14. The van der Waals surface area contributed by atoms with Gasteiger partial charge in [-0.25, -0.2) is 4.39 Å². The first-order chi connectivity index (χ1) is 9.17. The normalized spacial score (nSPS) is 13.0. The third-order valence-electron chi connectivity index (χ3n) is 2.76. The van der Waals surface area contributed by atoms with E-state index in [-0.39, 0.29) is 10.6 Å². The van der Waals surface area contributed by atoms with Crippen LogP contribution in [-0.2, 0) is 0 Å². The fourth-order valence-electron chi connectivity index (χ4n) is 1.75. The van der Waals surface area contributed by atoms with E-state index in [1.165, 1.54) is 6.07 Å². The zero-order valence-electron chi connectivity index (χ0n) is 10.1. The molecule has 0 bridgehead atoms. The number of hydrogen-bond donors (Lipinski definition) is 0. The third-order valence-corrected chi connectivity index (χ3v) is 6.45. The molecule has 1 unspecified atom stereocenters. The van der Waals surface area contributed by atoms with E-state index in [2.05, 4.69) is 33.1 Å². The lowest BCUT2D eigenvalue weighted by Crippen LogP contribution is -1.84. The van der Waals surface area contributed by atoms with Crippen molar-refractivity contribution < 1.29 is 4.39 Å². The molecule has 0 radical (unpaired) electrons. The van der Waals surface area contributed by atoms with E-state index in [0.717, 1.165) is 31.4 Å². The number of benzene rings is 1. The Labute approximate surface area is 126 Å². The van der Waals surface area contributed by atoms with Crippen LogP contribution in [0.15, 0.2) is 24.3 Å². The topological polar surface area (TPSA) is 25.8 Å². The quantitative estimate of drug-likeness (QED) is 0.586. The third kappa shape index (κ3) is 2.57. The number of rotatable bonds is 3. The number of aromatic nitrogens is 2. The molecule has 2 aromatic heterocycles. The number of fused-ring (bicyclic) bond motifs is 1. The molecular weight excluding hydrogens is 347 g/mol. The lowest BCUT2D eigenvalue weighted by molar-refractivity contribution is 0.630. The molecule has 3 rings (SSSR count). The second-order valence-corrected chi connectivity index (χ2v) is 7.31. The molecule has 3 aromatic rings. The summed E-state index contributed by atoms with van der Waals surface area (Å²) in [6.45, 7) is 2.10. The van der Waals surface area contributed by atoms with E-state index in [1.807, 2.05) is 6.07 Å². The second-order valence-electron chi connectivity index (χ2n) is 4.11. The van der Waals surface area contributed by atoms with Crippen LogP contribution in [-0.4, -0.2) is 10.2 Å². The molecule has 1 atom stereocenters. The first-order valence-corrected chi connectivity index (χ1v) is 8.39. The number of alkyl halides is 1. The summed E-state index contributed by atoms with van der Waals surface area (Å²) in [5.41, 5.74) is 0. The van der Waals surface area contributed by atoms with Gasteiger partial charge in [0.2, 0.25) is 0 Å². The molecule has 19 heavy (non-hydrogen) atoms. The number of halogens is 2. The van der Waals surface area contributed by atoms with Gasteiger partial charge in [0.05, 0.1) is 9.70 Å². The summed E-state index contributed by atoms with van der Waals surface area (Å²) in [6, 6.07) is 6.88. The van der Waals surface area contributed by atoms with Gasteiger partial charge in [-0.15, -0.1) is 21.5 Å². The van der Waals surface area contributed by atoms with Crippen LogP contribution in [0.5, 0.6) is 0 Å². The van der Waals surface area contributed by atoms with E-state index in [0.29, 0.717) is 0 Å². The Morgan fingerprint density at radius 1 is 1.26 bits per heavy atom. The van der Waals surface area contributed by atoms with Crippen molar-refractivity contribution in [3.63, 3.8) is 0 Å². The first-order valence-electron chi connectivity index (χ1n) is 5.84. The summed E-state index contributed by atoms with van der Waals surface area (Å²) in [6.07, 6.45) is 0.978. The van der Waals surface area contributed by atoms with Crippen LogP contribution < -0.4 is 0 Å². The lowest BCUT2D eigenvalue weighted by atomic mass is 10.2. The summed E-state index contributed by atoms with van der Waals surface area (Å²) >= 11 is 6.71. The molecule has 0 aliphatic rings. The van der Waals surface area contributed by atoms with Gasteiger partial charge in [-0.3, -0.25) is 0 Å². The zero-order valence-corrected chi connectivity index (χ0v) is 13.3. The first kappa shape index (κ1) is 13.1. The Hall–Kier alpha value is -0.850. The number of thiophene rings is 1. The highest BCUT2D eigenvalue weighted by Crippen LogP contribution is 2.38. The number of hydrogen-bond acceptors (Lipinski definition) is 4. The van der Waals surface area contributed by atoms with Crippen LogP contribution in [0, 0.1) is 5.82 Å². The van der Waals surface area contributed by atoms with Crippen molar-refractivity contribution in [1.82, 2.24) is 10.2 Å². The molecule has 0 saturated heterocycles. The van der Waals surface area contributed by atoms with Crippen molar-refractivity contribution in [3.05, 3.63) is 35.1 Å². The Bertz CT molecular complexity index is 722. The maximum absolute atomic E-state index is 13.2. The summed E-state index contributed by atoms with van der Waals surface area (Å²) in [7, 11) is 0. The van der Waals surface area contributed by atoms with Crippen molar-refractivity contribution in [2.75, 3.05) is 0 Å². The molecule has 98 valence electrons. The molecular formula is C13H10BrFN2S2. The lowest BCUT2D eigenvalue weighted by Gasteiger charge is -1.97. The van der Waals surface area contributed by atoms with Gasteiger partial charge >= 0.3 is 0 Å². The van der Waals surface area contributed by atoms with E-state index in [4.69, 9.17) is 0 Å². The minimum Gasteiger partial charge on any atom is -0.207 e. The van der Waals surface area contributed by atoms with E-state index in [9.17, 15) is 4.39 Å². The van der Waals surface area contributed by atoms with Gasteiger partial charge < -0.3 is 0 Å². The largest absolute Gasteiger partial charge is 0.207 e. The summed E-state index contributed by atoms with van der Waals surface area (Å²) in [5.74, 6) is -0.203. The second kappa shape index (κ2) is 5.26. The molecule has 2 heterocycles. The van der Waals surface area contributed by atoms with Gasteiger partial charge in [-0.1, -0.05) is 40.3 Å². The molecule has 0 spiro atoms. The average Bonchev–Trinajstić information content (AvgIpc) is 3.03. The Morgan fingerprint density at radius 2 is 2.11 bits per heavy atom. The van der Waals surface area contributed by atoms with Crippen molar-refractivity contribution in [3.8, 4) is 9.88 Å². The highest BCUT2D eigenvalue weighted by molar-refractivity contribution is 9.09. The van der Waals surface area contributed by atoms with Crippen LogP contribution in [0.4, 0.5) is 4.39 Å². The van der Waals surface area contributed by atoms with Crippen molar-refractivity contribution in [1.29, 1.82) is 0 Å². The highest BCUT2D eigenvalue weighted by atomic mass is 79.9. The van der Waals surface area contributed by atoms with Gasteiger partial charge in [-0.05, 0) is 30.0 Å². The van der Waals surface area contributed by atoms with E-state index in [1.54, 1.807) is 34.8 Å². The van der Waals surface area contributed by atoms with Crippen molar-refractivity contribution in [2.45, 2.75) is 18.2 Å². The van der Waals surface area contributed by atoms with E-state index >= 15 is 0 Å². The van der Waals surface area contributed by atoms with Crippen LogP contribution >= 0.6 is 38.6 Å². The maximum Gasteiger partial charge on any atom is 0.157 e. The Morgan fingerprint density at radius 3 is 2.89 bits per heavy atom. The monoisotopic (exact) mass is 356 g/mol. The molecule has 2 nitrogen and oxygen atoms in total. The smallest absolute Gasteiger partial charge is 0.157 e. The van der Waals surface area contributed by atoms with Gasteiger partial charge in [-0.2, -0.15) is 0 Å². The summed E-state index contributed by atoms with van der Waals surface area (Å²) in [5, 5.41) is 11.4. The van der Waals surface area contributed by atoms with Crippen LogP contribution in [0.2, 0.25) is 0 Å². The van der Waals surface area contributed by atoms with Gasteiger partial charge in [0.1, 0.15) is 10.8 Å². The van der Waals surface area contributed by atoms with Crippen molar-refractivity contribution >= 4 is 48.7 Å². The van der Waals surface area contributed by atoms with Crippen LogP contribution in [0.3, 0.4) is 0 Å². The summed E-state index contributed by atoms with van der Waals surface area (Å²) < 4.78 is 14.1. The maximum atomic E-state index is 13.2. The number of nitrogens with zero attached hydrogens (tertiary/aromatic N) is 2. The molecule has 1 aromatic carbocycles. The van der Waals surface area contributed by atoms with Gasteiger partial charge in [0, 0.05) is 4.70 Å². The molecule has 0 aliphatic carbocycles. The standard InChI is InChI=1S/C13H10BrFN2S2/c1-2-9(14)12-16-17-13(19-12)11-5-7-3-4-8(15)6-10(7)18-11/h3-6,9H,2H2,1H3. The average molecular weight is 357 g/mol. The fraction of sp³-hybridized carbons (Fsp3) is 0.231.